The molecule has 0 saturated heterocycles. The SMILES string of the molecule is CC(C)CCCNCc1cn[nH]c1-c1cccnc1. The number of hydrogen-bond acceptors (Lipinski definition) is 3. The van der Waals surface area contributed by atoms with Crippen LogP contribution in [0, 0.1) is 5.92 Å². The number of aromatic nitrogens is 3. The number of H-pyrrole nitrogens is 1. The molecule has 0 amide bonds. The number of nitrogens with one attached hydrogen (secondary N) is 2. The lowest BCUT2D eigenvalue weighted by Crippen LogP contribution is -2.15. The molecule has 0 unspecified atom stereocenters. The van der Waals surface area contributed by atoms with Crippen molar-refractivity contribution in [3.8, 4) is 11.3 Å². The summed E-state index contributed by atoms with van der Waals surface area (Å²) in [5, 5.41) is 10.7. The van der Waals surface area contributed by atoms with E-state index in [1.165, 1.54) is 18.4 Å². The van der Waals surface area contributed by atoms with Crippen LogP contribution in [0.4, 0.5) is 0 Å². The van der Waals surface area contributed by atoms with Gasteiger partial charge in [-0.1, -0.05) is 13.8 Å². The van der Waals surface area contributed by atoms with Gasteiger partial charge in [0.05, 0.1) is 11.9 Å². The second kappa shape index (κ2) is 7.04. The van der Waals surface area contributed by atoms with E-state index in [0.717, 1.165) is 30.3 Å². The fourth-order valence-electron chi connectivity index (χ4n) is 2.06. The van der Waals surface area contributed by atoms with Crippen LogP contribution in [0.15, 0.2) is 30.7 Å². The first-order chi connectivity index (χ1) is 9.27. The second-order valence-electron chi connectivity index (χ2n) is 5.22. The van der Waals surface area contributed by atoms with E-state index in [1.54, 1.807) is 6.20 Å². The molecule has 0 aliphatic rings. The third-order valence-corrected chi connectivity index (χ3v) is 3.12. The molecule has 0 aliphatic carbocycles. The number of aromatic amines is 1. The molecule has 19 heavy (non-hydrogen) atoms. The molecule has 0 atom stereocenters. The summed E-state index contributed by atoms with van der Waals surface area (Å²) in [6, 6.07) is 3.98. The fraction of sp³-hybridized carbons (Fsp3) is 0.467. The van der Waals surface area contributed by atoms with Gasteiger partial charge in [0.2, 0.25) is 0 Å². The van der Waals surface area contributed by atoms with E-state index in [1.807, 2.05) is 24.5 Å². The molecular weight excluding hydrogens is 236 g/mol. The van der Waals surface area contributed by atoms with Gasteiger partial charge in [-0.3, -0.25) is 10.1 Å². The number of rotatable bonds is 7. The summed E-state index contributed by atoms with van der Waals surface area (Å²) in [5.74, 6) is 0.779. The Morgan fingerprint density at radius 3 is 2.95 bits per heavy atom. The quantitative estimate of drug-likeness (QED) is 0.751. The van der Waals surface area contributed by atoms with Gasteiger partial charge in [0.25, 0.3) is 0 Å². The van der Waals surface area contributed by atoms with Crippen molar-refractivity contribution in [1.82, 2.24) is 20.5 Å². The lowest BCUT2D eigenvalue weighted by atomic mass is 10.1. The predicted octanol–water partition coefficient (Wildman–Crippen LogP) is 3.00. The molecule has 0 fully saturated rings. The van der Waals surface area contributed by atoms with Crippen LogP contribution in [0.25, 0.3) is 11.3 Å². The Bertz CT molecular complexity index is 476. The summed E-state index contributed by atoms with van der Waals surface area (Å²) in [5.41, 5.74) is 3.33. The van der Waals surface area contributed by atoms with E-state index in [-0.39, 0.29) is 0 Å². The Labute approximate surface area is 114 Å². The maximum atomic E-state index is 4.14. The molecule has 2 rings (SSSR count). The number of hydrogen-bond donors (Lipinski definition) is 2. The third kappa shape index (κ3) is 4.17. The smallest absolute Gasteiger partial charge is 0.0710 e. The molecule has 2 aromatic heterocycles. The molecule has 0 aliphatic heterocycles. The lowest BCUT2D eigenvalue weighted by Gasteiger charge is -2.07. The minimum absolute atomic E-state index is 0.779. The molecule has 2 N–H and O–H groups in total. The van der Waals surface area contributed by atoms with Gasteiger partial charge >= 0.3 is 0 Å². The number of pyridine rings is 1. The van der Waals surface area contributed by atoms with Crippen molar-refractivity contribution in [3.05, 3.63) is 36.3 Å². The molecule has 0 radical (unpaired) electrons. The zero-order valence-corrected chi connectivity index (χ0v) is 11.7. The third-order valence-electron chi connectivity index (χ3n) is 3.12. The largest absolute Gasteiger partial charge is 0.313 e. The van der Waals surface area contributed by atoms with Crippen molar-refractivity contribution in [2.75, 3.05) is 6.54 Å². The molecule has 0 spiro atoms. The van der Waals surface area contributed by atoms with Crippen molar-refractivity contribution in [2.24, 2.45) is 5.92 Å². The van der Waals surface area contributed by atoms with Crippen molar-refractivity contribution in [1.29, 1.82) is 0 Å². The average Bonchev–Trinajstić information content (AvgIpc) is 2.87. The van der Waals surface area contributed by atoms with Gasteiger partial charge in [0, 0.05) is 30.1 Å². The highest BCUT2D eigenvalue weighted by Crippen LogP contribution is 2.19. The van der Waals surface area contributed by atoms with E-state index >= 15 is 0 Å². The number of nitrogens with zero attached hydrogens (tertiary/aromatic N) is 2. The highest BCUT2D eigenvalue weighted by Gasteiger charge is 2.06. The molecular formula is C15H22N4. The van der Waals surface area contributed by atoms with Gasteiger partial charge in [-0.05, 0) is 37.4 Å². The van der Waals surface area contributed by atoms with Crippen LogP contribution in [0.1, 0.15) is 32.3 Å². The normalized spacial score (nSPS) is 11.1. The van der Waals surface area contributed by atoms with Gasteiger partial charge in [-0.2, -0.15) is 5.10 Å². The van der Waals surface area contributed by atoms with Crippen molar-refractivity contribution < 1.29 is 0 Å². The monoisotopic (exact) mass is 258 g/mol. The van der Waals surface area contributed by atoms with E-state index in [2.05, 4.69) is 34.3 Å². The van der Waals surface area contributed by atoms with E-state index in [0.29, 0.717) is 0 Å². The van der Waals surface area contributed by atoms with Crippen LogP contribution in [0.5, 0.6) is 0 Å². The second-order valence-corrected chi connectivity index (χ2v) is 5.22. The van der Waals surface area contributed by atoms with E-state index < -0.39 is 0 Å². The molecule has 0 aromatic carbocycles. The molecule has 4 heteroatoms. The minimum Gasteiger partial charge on any atom is -0.313 e. The zero-order chi connectivity index (χ0) is 13.5. The van der Waals surface area contributed by atoms with Gasteiger partial charge in [-0.25, -0.2) is 0 Å². The maximum Gasteiger partial charge on any atom is 0.0710 e. The minimum atomic E-state index is 0.779. The van der Waals surface area contributed by atoms with Crippen LogP contribution in [0.3, 0.4) is 0 Å². The van der Waals surface area contributed by atoms with Crippen LogP contribution in [-0.2, 0) is 6.54 Å². The maximum absolute atomic E-state index is 4.14. The van der Waals surface area contributed by atoms with Crippen molar-refractivity contribution in [3.63, 3.8) is 0 Å². The Morgan fingerprint density at radius 1 is 1.32 bits per heavy atom. The molecule has 2 heterocycles. The highest BCUT2D eigenvalue weighted by molar-refractivity contribution is 5.61. The molecule has 102 valence electrons. The van der Waals surface area contributed by atoms with Gasteiger partial charge in [0.15, 0.2) is 0 Å². The molecule has 0 bridgehead atoms. The summed E-state index contributed by atoms with van der Waals surface area (Å²) in [4.78, 5) is 4.14. The first-order valence-corrected chi connectivity index (χ1v) is 6.90. The summed E-state index contributed by atoms with van der Waals surface area (Å²) in [7, 11) is 0. The molecule has 4 nitrogen and oxygen atoms in total. The summed E-state index contributed by atoms with van der Waals surface area (Å²) >= 11 is 0. The average molecular weight is 258 g/mol. The summed E-state index contributed by atoms with van der Waals surface area (Å²) in [6.45, 7) is 6.42. The van der Waals surface area contributed by atoms with Crippen LogP contribution >= 0.6 is 0 Å². The summed E-state index contributed by atoms with van der Waals surface area (Å²) in [6.07, 6.45) is 8.02. The van der Waals surface area contributed by atoms with E-state index in [9.17, 15) is 0 Å². The first kappa shape index (κ1) is 13.7. The lowest BCUT2D eigenvalue weighted by molar-refractivity contribution is 0.527. The Balaban J connectivity index is 1.87. The Morgan fingerprint density at radius 2 is 2.21 bits per heavy atom. The zero-order valence-electron chi connectivity index (χ0n) is 11.7. The molecule has 0 saturated carbocycles. The van der Waals surface area contributed by atoms with Crippen LogP contribution in [-0.4, -0.2) is 21.7 Å². The highest BCUT2D eigenvalue weighted by atomic mass is 15.1. The van der Waals surface area contributed by atoms with Gasteiger partial charge < -0.3 is 5.32 Å². The standard InChI is InChI=1S/C15H22N4/c1-12(2)5-3-7-17-10-14-11-18-19-15(14)13-6-4-8-16-9-13/h4,6,8-9,11-12,17H,3,5,7,10H2,1-2H3,(H,18,19). The van der Waals surface area contributed by atoms with Crippen molar-refractivity contribution in [2.45, 2.75) is 33.2 Å². The fourth-order valence-corrected chi connectivity index (χ4v) is 2.06. The van der Waals surface area contributed by atoms with Crippen molar-refractivity contribution >= 4 is 0 Å². The Kier molecular flexibility index (Phi) is 5.10. The van der Waals surface area contributed by atoms with Crippen LogP contribution < -0.4 is 5.32 Å². The van der Waals surface area contributed by atoms with Crippen LogP contribution in [0.2, 0.25) is 0 Å². The molecule has 2 aromatic rings. The predicted molar refractivity (Wildman–Crippen MR) is 77.6 cm³/mol. The van der Waals surface area contributed by atoms with Gasteiger partial charge in [-0.15, -0.1) is 0 Å². The topological polar surface area (TPSA) is 53.6 Å². The van der Waals surface area contributed by atoms with E-state index in [4.69, 9.17) is 0 Å². The Hall–Kier alpha value is -1.68. The first-order valence-electron chi connectivity index (χ1n) is 6.90. The summed E-state index contributed by atoms with van der Waals surface area (Å²) < 4.78 is 0. The van der Waals surface area contributed by atoms with Gasteiger partial charge in [0.1, 0.15) is 0 Å².